The van der Waals surface area contributed by atoms with Gasteiger partial charge in [0.05, 0.1) is 4.88 Å². The van der Waals surface area contributed by atoms with E-state index in [-0.39, 0.29) is 11.9 Å². The highest BCUT2D eigenvalue weighted by Crippen LogP contribution is 2.49. The van der Waals surface area contributed by atoms with Crippen LogP contribution in [0.3, 0.4) is 0 Å². The molecule has 2 bridgehead atoms. The number of nitrogens with zero attached hydrogens (tertiary/aromatic N) is 1. The first-order valence-electron chi connectivity index (χ1n) is 8.02. The van der Waals surface area contributed by atoms with Gasteiger partial charge in [0.1, 0.15) is 0 Å². The number of carbonyl (C=O) groups is 1. The Bertz CT molecular complexity index is 664. The van der Waals surface area contributed by atoms with Crippen LogP contribution in [0.25, 0.3) is 10.6 Å². The molecule has 116 valence electrons. The van der Waals surface area contributed by atoms with E-state index in [1.165, 1.54) is 25.7 Å². The van der Waals surface area contributed by atoms with Gasteiger partial charge in [0.2, 0.25) is 0 Å². The summed E-state index contributed by atoms with van der Waals surface area (Å²) in [5.41, 5.74) is 0.374. The van der Waals surface area contributed by atoms with Crippen molar-refractivity contribution in [3.05, 3.63) is 29.3 Å². The summed E-state index contributed by atoms with van der Waals surface area (Å²) in [5.74, 6) is 2.87. The van der Waals surface area contributed by atoms with Crippen molar-refractivity contribution in [1.82, 2.24) is 10.5 Å². The predicted octanol–water partition coefficient (Wildman–Crippen LogP) is 3.96. The van der Waals surface area contributed by atoms with Crippen molar-refractivity contribution in [3.8, 4) is 10.6 Å². The fourth-order valence-corrected chi connectivity index (χ4v) is 4.88. The first-order chi connectivity index (χ1) is 10.7. The van der Waals surface area contributed by atoms with E-state index in [4.69, 9.17) is 4.52 Å². The predicted molar refractivity (Wildman–Crippen MR) is 85.7 cm³/mol. The van der Waals surface area contributed by atoms with E-state index in [1.54, 1.807) is 17.4 Å². The number of nitrogens with one attached hydrogen (secondary N) is 1. The summed E-state index contributed by atoms with van der Waals surface area (Å²) in [6.07, 6.45) is 5.35. The van der Waals surface area contributed by atoms with Crippen LogP contribution in [0.5, 0.6) is 0 Å². The molecule has 22 heavy (non-hydrogen) atoms. The average molecular weight is 316 g/mol. The van der Waals surface area contributed by atoms with Crippen LogP contribution in [-0.4, -0.2) is 17.1 Å². The molecule has 0 radical (unpaired) electrons. The van der Waals surface area contributed by atoms with Gasteiger partial charge in [-0.15, -0.1) is 11.3 Å². The van der Waals surface area contributed by atoms with Crippen molar-refractivity contribution in [2.24, 2.45) is 17.8 Å². The molecule has 2 aliphatic rings. The monoisotopic (exact) mass is 316 g/mol. The molecule has 4 nitrogen and oxygen atoms in total. The molecule has 4 rings (SSSR count). The molecule has 1 N–H and O–H groups in total. The van der Waals surface area contributed by atoms with Gasteiger partial charge in [-0.2, -0.15) is 0 Å². The molecule has 2 saturated carbocycles. The lowest BCUT2D eigenvalue weighted by Gasteiger charge is -2.28. The van der Waals surface area contributed by atoms with Crippen molar-refractivity contribution >= 4 is 17.2 Å². The van der Waals surface area contributed by atoms with E-state index in [0.29, 0.717) is 17.4 Å². The Balaban J connectivity index is 1.42. The van der Waals surface area contributed by atoms with Gasteiger partial charge in [-0.3, -0.25) is 4.79 Å². The van der Waals surface area contributed by atoms with E-state index >= 15 is 0 Å². The molecular formula is C17H20N2O2S. The average Bonchev–Trinajstić information content (AvgIpc) is 3.29. The molecule has 2 heterocycles. The molecule has 0 aliphatic heterocycles. The molecule has 2 fully saturated rings. The smallest absolute Gasteiger partial charge is 0.273 e. The standard InChI is InChI=1S/C17H20N2O2S/c1-10(13-8-11-4-5-12(13)7-11)18-17(20)14-9-15(21-19-14)16-3-2-6-22-16/h2-3,6,9-13H,4-5,7-8H2,1H3,(H,18,20)/t10-,11-,12-,13-/m1/s1. The molecule has 4 atom stereocenters. The molecular weight excluding hydrogens is 296 g/mol. The zero-order valence-electron chi connectivity index (χ0n) is 12.6. The molecule has 0 unspecified atom stereocenters. The fourth-order valence-electron chi connectivity index (χ4n) is 4.21. The topological polar surface area (TPSA) is 55.1 Å². The van der Waals surface area contributed by atoms with Gasteiger partial charge < -0.3 is 9.84 Å². The zero-order chi connectivity index (χ0) is 15.1. The Morgan fingerprint density at radius 2 is 2.36 bits per heavy atom. The van der Waals surface area contributed by atoms with Crippen LogP contribution in [0.15, 0.2) is 28.1 Å². The lowest BCUT2D eigenvalue weighted by atomic mass is 9.84. The number of amides is 1. The summed E-state index contributed by atoms with van der Waals surface area (Å²) in [6.45, 7) is 2.13. The summed E-state index contributed by atoms with van der Waals surface area (Å²) in [4.78, 5) is 13.4. The van der Waals surface area contributed by atoms with Crippen molar-refractivity contribution in [2.75, 3.05) is 0 Å². The van der Waals surface area contributed by atoms with Crippen LogP contribution in [0, 0.1) is 17.8 Å². The van der Waals surface area contributed by atoms with E-state index in [9.17, 15) is 4.79 Å². The maximum Gasteiger partial charge on any atom is 0.273 e. The van der Waals surface area contributed by atoms with Crippen LogP contribution in [0.2, 0.25) is 0 Å². The van der Waals surface area contributed by atoms with E-state index in [2.05, 4.69) is 17.4 Å². The molecule has 2 aromatic rings. The summed E-state index contributed by atoms with van der Waals surface area (Å²) < 4.78 is 5.29. The molecule has 0 aromatic carbocycles. The van der Waals surface area contributed by atoms with Gasteiger partial charge in [0.25, 0.3) is 5.91 Å². The second-order valence-corrected chi connectivity index (χ2v) is 7.60. The Kier molecular flexibility index (Phi) is 3.53. The number of rotatable bonds is 4. The van der Waals surface area contributed by atoms with Crippen molar-refractivity contribution in [3.63, 3.8) is 0 Å². The van der Waals surface area contributed by atoms with Crippen LogP contribution < -0.4 is 5.32 Å². The van der Waals surface area contributed by atoms with Crippen molar-refractivity contribution in [1.29, 1.82) is 0 Å². The second kappa shape index (κ2) is 5.54. The lowest BCUT2D eigenvalue weighted by molar-refractivity contribution is 0.0906. The minimum absolute atomic E-state index is 0.123. The number of hydrogen-bond acceptors (Lipinski definition) is 4. The molecule has 0 saturated heterocycles. The molecule has 2 aliphatic carbocycles. The number of fused-ring (bicyclic) bond motifs is 2. The second-order valence-electron chi connectivity index (χ2n) is 6.65. The van der Waals surface area contributed by atoms with Crippen LogP contribution >= 0.6 is 11.3 Å². The Labute approximate surface area is 133 Å². The highest BCUT2D eigenvalue weighted by molar-refractivity contribution is 7.13. The fraction of sp³-hybridized carbons (Fsp3) is 0.529. The van der Waals surface area contributed by atoms with E-state index < -0.39 is 0 Å². The minimum Gasteiger partial charge on any atom is -0.355 e. The van der Waals surface area contributed by atoms with E-state index in [0.717, 1.165) is 16.7 Å². The normalized spacial score (nSPS) is 28.0. The van der Waals surface area contributed by atoms with Gasteiger partial charge >= 0.3 is 0 Å². The highest BCUT2D eigenvalue weighted by atomic mass is 32.1. The minimum atomic E-state index is -0.123. The van der Waals surface area contributed by atoms with Crippen LogP contribution in [0.1, 0.15) is 43.1 Å². The summed E-state index contributed by atoms with van der Waals surface area (Å²) >= 11 is 1.58. The number of hydrogen-bond donors (Lipinski definition) is 1. The Hall–Kier alpha value is -1.62. The number of aromatic nitrogens is 1. The van der Waals surface area contributed by atoms with Gasteiger partial charge in [0, 0.05) is 12.1 Å². The van der Waals surface area contributed by atoms with Crippen molar-refractivity contribution < 1.29 is 9.32 Å². The first kappa shape index (κ1) is 14.0. The first-order valence-corrected chi connectivity index (χ1v) is 8.90. The van der Waals surface area contributed by atoms with Gasteiger partial charge in [-0.05, 0) is 55.4 Å². The number of thiophene rings is 1. The highest BCUT2D eigenvalue weighted by Gasteiger charge is 2.42. The number of carbonyl (C=O) groups excluding carboxylic acids is 1. The summed E-state index contributed by atoms with van der Waals surface area (Å²) in [6, 6.07) is 5.86. The third-order valence-corrected chi connectivity index (χ3v) is 6.19. The molecule has 0 spiro atoms. The zero-order valence-corrected chi connectivity index (χ0v) is 13.4. The van der Waals surface area contributed by atoms with Crippen LogP contribution in [0.4, 0.5) is 0 Å². The van der Waals surface area contributed by atoms with Gasteiger partial charge in [-0.25, -0.2) is 0 Å². The third-order valence-electron chi connectivity index (χ3n) is 5.30. The Morgan fingerprint density at radius 1 is 1.45 bits per heavy atom. The van der Waals surface area contributed by atoms with Crippen molar-refractivity contribution in [2.45, 2.75) is 38.6 Å². The SMILES string of the molecule is C[C@@H](NC(=O)c1cc(-c2cccs2)on1)[C@H]1C[C@@H]2CC[C@@H]1C2. The van der Waals surface area contributed by atoms with Crippen LogP contribution in [-0.2, 0) is 0 Å². The summed E-state index contributed by atoms with van der Waals surface area (Å²) in [5, 5.41) is 9.02. The largest absolute Gasteiger partial charge is 0.355 e. The molecule has 2 aromatic heterocycles. The molecule has 1 amide bonds. The van der Waals surface area contributed by atoms with Gasteiger partial charge in [-0.1, -0.05) is 17.6 Å². The Morgan fingerprint density at radius 3 is 3.05 bits per heavy atom. The van der Waals surface area contributed by atoms with Gasteiger partial charge in [0.15, 0.2) is 11.5 Å². The maximum absolute atomic E-state index is 12.4. The quantitative estimate of drug-likeness (QED) is 0.929. The lowest BCUT2D eigenvalue weighted by Crippen LogP contribution is -2.40. The van der Waals surface area contributed by atoms with E-state index in [1.807, 2.05) is 17.5 Å². The maximum atomic E-state index is 12.4. The molecule has 5 heteroatoms. The summed E-state index contributed by atoms with van der Waals surface area (Å²) in [7, 11) is 0. The third kappa shape index (κ3) is 2.47.